The van der Waals surface area contributed by atoms with Crippen LogP contribution in [0.15, 0.2) is 0 Å². The minimum atomic E-state index is -1.11. The minimum Gasteiger partial charge on any atom is -0.480 e. The van der Waals surface area contributed by atoms with Crippen LogP contribution in [0.25, 0.3) is 0 Å². The summed E-state index contributed by atoms with van der Waals surface area (Å²) < 4.78 is 5.46. The number of carbonyl (C=O) groups excluding carboxylic acids is 3. The predicted octanol–water partition coefficient (Wildman–Crippen LogP) is 1.58. The topological polar surface area (TPSA) is 104 Å². The van der Waals surface area contributed by atoms with Gasteiger partial charge in [-0.15, -0.1) is 0 Å². The lowest BCUT2D eigenvalue weighted by Gasteiger charge is -2.27. The third-order valence-electron chi connectivity index (χ3n) is 4.67. The van der Waals surface area contributed by atoms with Crippen LogP contribution >= 0.6 is 11.8 Å². The zero-order valence-electron chi connectivity index (χ0n) is 15.2. The van der Waals surface area contributed by atoms with Crippen molar-refractivity contribution in [3.05, 3.63) is 0 Å². The van der Waals surface area contributed by atoms with E-state index in [9.17, 15) is 24.3 Å². The Morgan fingerprint density at radius 2 is 1.85 bits per heavy atom. The molecular formula is C17H26N2O6S. The van der Waals surface area contributed by atoms with Gasteiger partial charge in [-0.25, -0.2) is 9.59 Å². The Hall–Kier alpha value is -1.77. The van der Waals surface area contributed by atoms with Crippen molar-refractivity contribution >= 4 is 34.8 Å². The lowest BCUT2D eigenvalue weighted by Crippen LogP contribution is -2.44. The quantitative estimate of drug-likeness (QED) is 0.765. The van der Waals surface area contributed by atoms with Gasteiger partial charge in [-0.1, -0.05) is 18.7 Å². The van der Waals surface area contributed by atoms with Gasteiger partial charge in [-0.05, 0) is 19.3 Å². The van der Waals surface area contributed by atoms with Gasteiger partial charge in [0.2, 0.25) is 5.91 Å². The van der Waals surface area contributed by atoms with Crippen molar-refractivity contribution in [2.75, 3.05) is 25.4 Å². The molecule has 0 aromatic carbocycles. The lowest BCUT2D eigenvalue weighted by molar-refractivity contribution is -0.149. The van der Waals surface area contributed by atoms with Crippen molar-refractivity contribution in [3.63, 3.8) is 0 Å². The number of piperidine rings is 1. The Morgan fingerprint density at radius 3 is 2.42 bits per heavy atom. The minimum absolute atomic E-state index is 0.0739. The number of likely N-dealkylation sites (tertiary alicyclic amines) is 2. The van der Waals surface area contributed by atoms with Gasteiger partial charge in [0, 0.05) is 38.1 Å². The molecule has 2 aliphatic rings. The van der Waals surface area contributed by atoms with Crippen LogP contribution in [0.2, 0.25) is 0 Å². The molecule has 2 fully saturated rings. The van der Waals surface area contributed by atoms with E-state index in [1.165, 1.54) is 11.8 Å². The summed E-state index contributed by atoms with van der Waals surface area (Å²) in [4.78, 5) is 50.3. The van der Waals surface area contributed by atoms with E-state index in [0.29, 0.717) is 18.8 Å². The maximum atomic E-state index is 12.6. The SMILES string of the molecule is CC(=O)SCC(C)C(=O)N1C[C@H](OC(=O)N2CCCCC2)C[C@H]1C(=O)O. The summed E-state index contributed by atoms with van der Waals surface area (Å²) >= 11 is 1.04. The number of ether oxygens (including phenoxy) is 1. The largest absolute Gasteiger partial charge is 0.480 e. The number of hydrogen-bond donors (Lipinski definition) is 1. The Kier molecular flexibility index (Phi) is 7.31. The summed E-state index contributed by atoms with van der Waals surface area (Å²) in [6.45, 7) is 4.47. The van der Waals surface area contributed by atoms with Gasteiger partial charge in [0.05, 0.1) is 6.54 Å². The first-order chi connectivity index (χ1) is 12.3. The molecular weight excluding hydrogens is 360 g/mol. The average Bonchev–Trinajstić information content (AvgIpc) is 3.03. The molecule has 8 nitrogen and oxygen atoms in total. The van der Waals surface area contributed by atoms with Gasteiger partial charge >= 0.3 is 12.1 Å². The molecule has 2 saturated heterocycles. The van der Waals surface area contributed by atoms with Gasteiger partial charge in [0.25, 0.3) is 0 Å². The van der Waals surface area contributed by atoms with Crippen LogP contribution in [-0.2, 0) is 19.1 Å². The van der Waals surface area contributed by atoms with E-state index in [4.69, 9.17) is 4.74 Å². The molecule has 26 heavy (non-hydrogen) atoms. The predicted molar refractivity (Wildman–Crippen MR) is 95.7 cm³/mol. The number of carboxylic acid groups (broad SMARTS) is 1. The van der Waals surface area contributed by atoms with E-state index >= 15 is 0 Å². The molecule has 0 bridgehead atoms. The highest BCUT2D eigenvalue weighted by Gasteiger charge is 2.43. The Bertz CT molecular complexity index is 563. The number of hydrogen-bond acceptors (Lipinski definition) is 6. The molecule has 0 aromatic heterocycles. The van der Waals surface area contributed by atoms with Crippen molar-refractivity contribution in [2.45, 2.75) is 51.7 Å². The monoisotopic (exact) mass is 386 g/mol. The molecule has 0 aromatic rings. The Balaban J connectivity index is 1.96. The molecule has 146 valence electrons. The van der Waals surface area contributed by atoms with E-state index in [1.807, 2.05) is 0 Å². The van der Waals surface area contributed by atoms with Crippen molar-refractivity contribution in [1.82, 2.24) is 9.80 Å². The van der Waals surface area contributed by atoms with E-state index in [1.54, 1.807) is 11.8 Å². The molecule has 2 amide bonds. The molecule has 0 saturated carbocycles. The third-order valence-corrected chi connectivity index (χ3v) is 5.74. The molecule has 2 aliphatic heterocycles. The molecule has 1 unspecified atom stereocenters. The fourth-order valence-electron chi connectivity index (χ4n) is 3.25. The zero-order valence-corrected chi connectivity index (χ0v) is 16.0. The maximum Gasteiger partial charge on any atom is 0.410 e. The van der Waals surface area contributed by atoms with Crippen molar-refractivity contribution in [2.24, 2.45) is 5.92 Å². The van der Waals surface area contributed by atoms with Gasteiger partial charge in [0.1, 0.15) is 12.1 Å². The first-order valence-corrected chi connectivity index (χ1v) is 9.90. The lowest BCUT2D eigenvalue weighted by atomic mass is 10.1. The average molecular weight is 386 g/mol. The summed E-state index contributed by atoms with van der Waals surface area (Å²) in [5.74, 6) is -1.62. The van der Waals surface area contributed by atoms with Crippen LogP contribution in [-0.4, -0.2) is 75.5 Å². The summed E-state index contributed by atoms with van der Waals surface area (Å²) in [5, 5.41) is 9.34. The smallest absolute Gasteiger partial charge is 0.410 e. The zero-order chi connectivity index (χ0) is 19.3. The Morgan fingerprint density at radius 1 is 1.19 bits per heavy atom. The van der Waals surface area contributed by atoms with Crippen LogP contribution in [0.4, 0.5) is 4.79 Å². The van der Waals surface area contributed by atoms with E-state index in [0.717, 1.165) is 31.0 Å². The van der Waals surface area contributed by atoms with Gasteiger partial charge in [-0.2, -0.15) is 0 Å². The van der Waals surface area contributed by atoms with Crippen LogP contribution < -0.4 is 0 Å². The Labute approximate surface area is 157 Å². The molecule has 9 heteroatoms. The van der Waals surface area contributed by atoms with Crippen LogP contribution in [0.5, 0.6) is 0 Å². The molecule has 2 rings (SSSR count). The number of thioether (sulfide) groups is 1. The third kappa shape index (κ3) is 5.36. The number of amides is 2. The highest BCUT2D eigenvalue weighted by atomic mass is 32.2. The van der Waals surface area contributed by atoms with Crippen LogP contribution in [0.3, 0.4) is 0 Å². The van der Waals surface area contributed by atoms with Crippen molar-refractivity contribution in [3.8, 4) is 0 Å². The van der Waals surface area contributed by atoms with Crippen molar-refractivity contribution in [1.29, 1.82) is 0 Å². The van der Waals surface area contributed by atoms with Gasteiger partial charge in [-0.3, -0.25) is 9.59 Å². The molecule has 0 aliphatic carbocycles. The van der Waals surface area contributed by atoms with E-state index < -0.39 is 30.1 Å². The number of aliphatic carboxylic acids is 1. The summed E-state index contributed by atoms with van der Waals surface area (Å²) in [6, 6.07) is -1.01. The van der Waals surface area contributed by atoms with E-state index in [2.05, 4.69) is 0 Å². The second kappa shape index (κ2) is 9.25. The second-order valence-corrected chi connectivity index (χ2v) is 8.03. The standard InChI is InChI=1S/C17H26N2O6S/c1-11(10-26-12(2)20)15(21)19-9-13(8-14(19)16(22)23)25-17(24)18-6-4-3-5-7-18/h11,13-14H,3-10H2,1-2H3,(H,22,23)/t11?,13-,14+/m1/s1. The number of nitrogens with zero attached hydrogens (tertiary/aromatic N) is 2. The van der Waals surface area contributed by atoms with E-state index in [-0.39, 0.29) is 24.0 Å². The maximum absolute atomic E-state index is 12.6. The molecule has 1 N–H and O–H groups in total. The summed E-state index contributed by atoms with van der Waals surface area (Å²) in [5.41, 5.74) is 0. The highest BCUT2D eigenvalue weighted by Crippen LogP contribution is 2.25. The second-order valence-electron chi connectivity index (χ2n) is 6.84. The van der Waals surface area contributed by atoms with Crippen LogP contribution in [0.1, 0.15) is 39.5 Å². The first-order valence-electron chi connectivity index (χ1n) is 8.91. The molecule has 0 radical (unpaired) electrons. The highest BCUT2D eigenvalue weighted by molar-refractivity contribution is 8.13. The number of rotatable bonds is 5. The molecule has 3 atom stereocenters. The van der Waals surface area contributed by atoms with Crippen LogP contribution in [0, 0.1) is 5.92 Å². The van der Waals surface area contributed by atoms with Crippen molar-refractivity contribution < 1.29 is 29.0 Å². The number of carbonyl (C=O) groups is 4. The first kappa shape index (κ1) is 20.5. The molecule has 0 spiro atoms. The summed E-state index contributed by atoms with van der Waals surface area (Å²) in [6.07, 6.45) is 2.00. The van der Waals surface area contributed by atoms with Gasteiger partial charge in [0.15, 0.2) is 5.12 Å². The van der Waals surface area contributed by atoms with Gasteiger partial charge < -0.3 is 19.6 Å². The molecule has 2 heterocycles. The number of carboxylic acids is 1. The summed E-state index contributed by atoms with van der Waals surface area (Å²) in [7, 11) is 0. The fourth-order valence-corrected chi connectivity index (χ4v) is 3.88. The normalized spacial score (nSPS) is 24.2. The fraction of sp³-hybridized carbons (Fsp3) is 0.765.